The molecule has 3 heterocycles. The molecule has 1 aromatic carbocycles. The average Bonchev–Trinajstić information content (AvgIpc) is 3.28. The molecule has 1 aliphatic heterocycles. The molecule has 0 bridgehead atoms. The first-order chi connectivity index (χ1) is 12.7. The number of ether oxygens (including phenoxy) is 2. The SMILES string of the molecule is CC(=O)Nc1nc(CSc2nnc([C@@H]3COc4ccccc4O3)o2)cs1. The van der Waals surface area contributed by atoms with Crippen LogP contribution in [0.2, 0.25) is 0 Å². The predicted molar refractivity (Wildman–Crippen MR) is 95.6 cm³/mol. The van der Waals surface area contributed by atoms with E-state index in [1.807, 2.05) is 29.6 Å². The minimum atomic E-state index is -0.433. The van der Waals surface area contributed by atoms with E-state index in [2.05, 4.69) is 20.5 Å². The minimum Gasteiger partial charge on any atom is -0.485 e. The molecule has 3 aromatic rings. The molecule has 0 fully saturated rings. The molecular formula is C16H14N4O4S2. The molecule has 26 heavy (non-hydrogen) atoms. The van der Waals surface area contributed by atoms with Crippen molar-refractivity contribution >= 4 is 34.1 Å². The quantitative estimate of drug-likeness (QED) is 0.663. The third-order valence-electron chi connectivity index (χ3n) is 3.38. The number of thiazole rings is 1. The van der Waals surface area contributed by atoms with E-state index in [0.717, 1.165) is 5.69 Å². The Bertz CT molecular complexity index is 926. The van der Waals surface area contributed by atoms with Crippen molar-refractivity contribution in [1.29, 1.82) is 0 Å². The van der Waals surface area contributed by atoms with Crippen molar-refractivity contribution in [3.8, 4) is 11.5 Å². The fourth-order valence-corrected chi connectivity index (χ4v) is 3.79. The molecule has 0 saturated heterocycles. The summed E-state index contributed by atoms with van der Waals surface area (Å²) >= 11 is 2.75. The Hall–Kier alpha value is -2.59. The second-order valence-electron chi connectivity index (χ2n) is 5.38. The van der Waals surface area contributed by atoms with Gasteiger partial charge in [0.05, 0.1) is 5.69 Å². The van der Waals surface area contributed by atoms with Gasteiger partial charge in [-0.2, -0.15) is 0 Å². The van der Waals surface area contributed by atoms with Crippen molar-refractivity contribution < 1.29 is 18.7 Å². The lowest BCUT2D eigenvalue weighted by Crippen LogP contribution is -2.21. The van der Waals surface area contributed by atoms with Crippen LogP contribution < -0.4 is 14.8 Å². The second kappa shape index (κ2) is 7.34. The van der Waals surface area contributed by atoms with E-state index in [0.29, 0.717) is 40.1 Å². The first-order valence-corrected chi connectivity index (χ1v) is 9.60. The number of rotatable bonds is 5. The van der Waals surface area contributed by atoms with E-state index in [-0.39, 0.29) is 5.91 Å². The highest BCUT2D eigenvalue weighted by Gasteiger charge is 2.27. The normalized spacial score (nSPS) is 15.7. The van der Waals surface area contributed by atoms with Crippen LogP contribution in [0.15, 0.2) is 39.3 Å². The van der Waals surface area contributed by atoms with Crippen molar-refractivity contribution in [3.63, 3.8) is 0 Å². The average molecular weight is 390 g/mol. The molecule has 134 valence electrons. The number of benzene rings is 1. The Morgan fingerprint density at radius 1 is 1.35 bits per heavy atom. The van der Waals surface area contributed by atoms with Gasteiger partial charge in [0.1, 0.15) is 6.61 Å². The molecular weight excluding hydrogens is 376 g/mol. The van der Waals surface area contributed by atoms with Gasteiger partial charge in [0.15, 0.2) is 16.6 Å². The summed E-state index contributed by atoms with van der Waals surface area (Å²) in [4.78, 5) is 15.3. The number of carbonyl (C=O) groups is 1. The van der Waals surface area contributed by atoms with E-state index >= 15 is 0 Å². The minimum absolute atomic E-state index is 0.142. The fraction of sp³-hybridized carbons (Fsp3) is 0.250. The van der Waals surface area contributed by atoms with Crippen molar-refractivity contribution in [1.82, 2.24) is 15.2 Å². The van der Waals surface area contributed by atoms with Gasteiger partial charge in [-0.25, -0.2) is 4.98 Å². The van der Waals surface area contributed by atoms with Crippen LogP contribution in [-0.4, -0.2) is 27.7 Å². The zero-order valence-electron chi connectivity index (χ0n) is 13.7. The molecule has 1 aliphatic rings. The lowest BCUT2D eigenvalue weighted by molar-refractivity contribution is -0.114. The summed E-state index contributed by atoms with van der Waals surface area (Å²) in [5.41, 5.74) is 0.828. The molecule has 2 aromatic heterocycles. The summed E-state index contributed by atoms with van der Waals surface area (Å²) in [6.45, 7) is 1.76. The van der Waals surface area contributed by atoms with E-state index in [1.165, 1.54) is 30.0 Å². The summed E-state index contributed by atoms with van der Waals surface area (Å²) < 4.78 is 17.2. The Labute approximate surface area is 156 Å². The third-order valence-corrected chi connectivity index (χ3v) is 5.04. The lowest BCUT2D eigenvalue weighted by atomic mass is 10.2. The maximum Gasteiger partial charge on any atom is 0.277 e. The second-order valence-corrected chi connectivity index (χ2v) is 7.17. The van der Waals surface area contributed by atoms with E-state index in [4.69, 9.17) is 13.9 Å². The monoisotopic (exact) mass is 390 g/mol. The van der Waals surface area contributed by atoms with Crippen LogP contribution in [0.5, 0.6) is 11.5 Å². The number of carbonyl (C=O) groups excluding carboxylic acids is 1. The summed E-state index contributed by atoms with van der Waals surface area (Å²) in [5.74, 6) is 2.15. The first kappa shape index (κ1) is 16.9. The highest BCUT2D eigenvalue weighted by atomic mass is 32.2. The highest BCUT2D eigenvalue weighted by Crippen LogP contribution is 2.36. The first-order valence-electron chi connectivity index (χ1n) is 7.74. The van der Waals surface area contributed by atoms with Crippen LogP contribution in [0.25, 0.3) is 0 Å². The van der Waals surface area contributed by atoms with Gasteiger partial charge < -0.3 is 19.2 Å². The number of nitrogens with zero attached hydrogens (tertiary/aromatic N) is 3. The maximum atomic E-state index is 11.0. The molecule has 8 nitrogen and oxygen atoms in total. The van der Waals surface area contributed by atoms with Gasteiger partial charge in [-0.05, 0) is 12.1 Å². The molecule has 0 saturated carbocycles. The molecule has 0 aliphatic carbocycles. The van der Waals surface area contributed by atoms with Gasteiger partial charge >= 0.3 is 0 Å². The van der Waals surface area contributed by atoms with Crippen molar-refractivity contribution in [3.05, 3.63) is 41.2 Å². The lowest BCUT2D eigenvalue weighted by Gasteiger charge is -2.23. The Kier molecular flexibility index (Phi) is 4.76. The van der Waals surface area contributed by atoms with E-state index in [9.17, 15) is 4.79 Å². The van der Waals surface area contributed by atoms with E-state index < -0.39 is 6.10 Å². The van der Waals surface area contributed by atoms with Crippen molar-refractivity contribution in [2.45, 2.75) is 24.0 Å². The van der Waals surface area contributed by atoms with Gasteiger partial charge in [0, 0.05) is 18.1 Å². The summed E-state index contributed by atoms with van der Waals surface area (Å²) in [7, 11) is 0. The summed E-state index contributed by atoms with van der Waals surface area (Å²) in [5, 5.41) is 13.6. The third kappa shape index (κ3) is 3.81. The van der Waals surface area contributed by atoms with Crippen LogP contribution in [0.3, 0.4) is 0 Å². The number of nitrogens with one attached hydrogen (secondary N) is 1. The van der Waals surface area contributed by atoms with Gasteiger partial charge in [-0.3, -0.25) is 4.79 Å². The zero-order chi connectivity index (χ0) is 17.9. The maximum absolute atomic E-state index is 11.0. The molecule has 0 unspecified atom stereocenters. The number of hydrogen-bond acceptors (Lipinski definition) is 9. The van der Waals surface area contributed by atoms with Gasteiger partial charge in [0.2, 0.25) is 12.0 Å². The van der Waals surface area contributed by atoms with Crippen molar-refractivity contribution in [2.75, 3.05) is 11.9 Å². The highest BCUT2D eigenvalue weighted by molar-refractivity contribution is 7.98. The molecule has 10 heteroatoms. The Morgan fingerprint density at radius 3 is 3.04 bits per heavy atom. The molecule has 0 radical (unpaired) electrons. The topological polar surface area (TPSA) is 99.4 Å². The van der Waals surface area contributed by atoms with Gasteiger partial charge in [-0.15, -0.1) is 21.5 Å². The predicted octanol–water partition coefficient (Wildman–Crippen LogP) is 3.29. The molecule has 1 atom stereocenters. The number of thioether (sulfide) groups is 1. The number of hydrogen-bond donors (Lipinski definition) is 1. The summed E-state index contributed by atoms with van der Waals surface area (Å²) in [6, 6.07) is 7.45. The smallest absolute Gasteiger partial charge is 0.277 e. The number of para-hydroxylation sites is 2. The molecule has 1 amide bonds. The number of amides is 1. The Balaban J connectivity index is 1.36. The van der Waals surface area contributed by atoms with Crippen LogP contribution in [0, 0.1) is 0 Å². The van der Waals surface area contributed by atoms with Gasteiger partial charge in [-0.1, -0.05) is 23.9 Å². The zero-order valence-corrected chi connectivity index (χ0v) is 15.3. The van der Waals surface area contributed by atoms with Crippen LogP contribution in [-0.2, 0) is 10.5 Å². The van der Waals surface area contributed by atoms with Crippen molar-refractivity contribution in [2.24, 2.45) is 0 Å². The largest absolute Gasteiger partial charge is 0.485 e. The standard InChI is InChI=1S/C16H14N4O4S2/c1-9(21)17-15-18-10(7-25-15)8-26-16-20-19-14(24-16)13-6-22-11-4-2-3-5-12(11)23-13/h2-5,7,13H,6,8H2,1H3,(H,17,18,21)/t13-/m0/s1. The van der Waals surface area contributed by atoms with Gasteiger partial charge in [0.25, 0.3) is 11.1 Å². The number of anilines is 1. The molecule has 4 rings (SSSR count). The fourth-order valence-electron chi connectivity index (χ4n) is 2.27. The number of aromatic nitrogens is 3. The van der Waals surface area contributed by atoms with Crippen LogP contribution in [0.1, 0.15) is 24.6 Å². The van der Waals surface area contributed by atoms with Crippen LogP contribution >= 0.6 is 23.1 Å². The molecule has 0 spiro atoms. The van der Waals surface area contributed by atoms with E-state index in [1.54, 1.807) is 0 Å². The molecule has 1 N–H and O–H groups in total. The van der Waals surface area contributed by atoms with Crippen LogP contribution in [0.4, 0.5) is 5.13 Å². The Morgan fingerprint density at radius 2 is 2.19 bits per heavy atom. The number of fused-ring (bicyclic) bond motifs is 1. The summed E-state index contributed by atoms with van der Waals surface area (Å²) in [6.07, 6.45) is -0.433.